The fourth-order valence-electron chi connectivity index (χ4n) is 3.23. The molecule has 1 heterocycles. The van der Waals surface area contributed by atoms with Gasteiger partial charge in [0.05, 0.1) is 13.2 Å². The maximum Gasteiger partial charge on any atom is 0.122 e. The quantitative estimate of drug-likeness (QED) is 0.845. The summed E-state index contributed by atoms with van der Waals surface area (Å²) in [6.07, 6.45) is 3.64. The number of aliphatic hydroxyl groups excluding tert-OH is 1. The average molecular weight is 356 g/mol. The average Bonchev–Trinajstić information content (AvgIpc) is 3.01. The van der Waals surface area contributed by atoms with Crippen molar-refractivity contribution >= 4 is 15.9 Å². The highest BCUT2D eigenvalue weighted by Gasteiger charge is 2.38. The van der Waals surface area contributed by atoms with E-state index in [4.69, 9.17) is 4.74 Å². The van der Waals surface area contributed by atoms with E-state index in [-0.39, 0.29) is 5.54 Å². The normalized spacial score (nSPS) is 20.2. The maximum absolute atomic E-state index is 10.9. The highest BCUT2D eigenvalue weighted by molar-refractivity contribution is 9.10. The van der Waals surface area contributed by atoms with Gasteiger partial charge in [-0.3, -0.25) is 4.90 Å². The van der Waals surface area contributed by atoms with Gasteiger partial charge in [-0.25, -0.2) is 0 Å². The number of nitrogens with zero attached hydrogens (tertiary/aromatic N) is 1. The Balaban J connectivity index is 2.19. The van der Waals surface area contributed by atoms with Gasteiger partial charge in [-0.1, -0.05) is 22.9 Å². The van der Waals surface area contributed by atoms with Crippen LogP contribution in [0.5, 0.6) is 5.75 Å². The second-order valence-electron chi connectivity index (χ2n) is 6.08. The van der Waals surface area contributed by atoms with Gasteiger partial charge in [0.25, 0.3) is 0 Å². The van der Waals surface area contributed by atoms with Crippen molar-refractivity contribution in [1.29, 1.82) is 0 Å². The van der Waals surface area contributed by atoms with E-state index in [1.54, 1.807) is 7.11 Å². The molecule has 0 saturated carbocycles. The lowest BCUT2D eigenvalue weighted by Gasteiger charge is -2.42. The summed E-state index contributed by atoms with van der Waals surface area (Å²) in [5.74, 6) is 0.845. The van der Waals surface area contributed by atoms with Gasteiger partial charge in [-0.2, -0.15) is 0 Å². The Hall–Kier alpha value is -0.580. The van der Waals surface area contributed by atoms with Crippen LogP contribution in [0.2, 0.25) is 0 Å². The molecule has 0 bridgehead atoms. The number of halogens is 1. The van der Waals surface area contributed by atoms with Crippen LogP contribution in [0.15, 0.2) is 22.7 Å². The van der Waals surface area contributed by atoms with Crippen molar-refractivity contribution < 1.29 is 9.84 Å². The van der Waals surface area contributed by atoms with Gasteiger partial charge in [0.2, 0.25) is 0 Å². The molecule has 1 aliphatic rings. The smallest absolute Gasteiger partial charge is 0.122 e. The number of aliphatic hydroxyl groups is 1. The van der Waals surface area contributed by atoms with E-state index < -0.39 is 6.10 Å². The van der Waals surface area contributed by atoms with Gasteiger partial charge in [0.1, 0.15) is 5.75 Å². The van der Waals surface area contributed by atoms with Crippen molar-refractivity contribution in [2.75, 3.05) is 20.2 Å². The zero-order valence-electron chi connectivity index (χ0n) is 13.2. The SMILES string of the molecule is CCC(C)(C(O)Cc1cc(Br)ccc1OC)N1CCCC1. The Morgan fingerprint density at radius 3 is 2.62 bits per heavy atom. The largest absolute Gasteiger partial charge is 0.496 e. The summed E-state index contributed by atoms with van der Waals surface area (Å²) in [5.41, 5.74) is 0.891. The van der Waals surface area contributed by atoms with Crippen molar-refractivity contribution in [3.05, 3.63) is 28.2 Å². The Morgan fingerprint density at radius 2 is 2.05 bits per heavy atom. The highest BCUT2D eigenvalue weighted by atomic mass is 79.9. The summed E-state index contributed by atoms with van der Waals surface area (Å²) >= 11 is 3.50. The first kappa shape index (κ1) is 16.8. The third-order valence-corrected chi connectivity index (χ3v) is 5.41. The lowest BCUT2D eigenvalue weighted by molar-refractivity contribution is -0.0119. The van der Waals surface area contributed by atoms with Crippen molar-refractivity contribution in [3.8, 4) is 5.75 Å². The molecule has 0 aliphatic carbocycles. The number of benzene rings is 1. The number of likely N-dealkylation sites (tertiary alicyclic amines) is 1. The van der Waals surface area contributed by atoms with E-state index in [1.807, 2.05) is 18.2 Å². The molecular formula is C17H26BrNO2. The monoisotopic (exact) mass is 355 g/mol. The summed E-state index contributed by atoms with van der Waals surface area (Å²) in [5, 5.41) is 10.9. The molecule has 4 heteroatoms. The van der Waals surface area contributed by atoms with Gasteiger partial charge in [0.15, 0.2) is 0 Å². The molecule has 1 aromatic carbocycles. The minimum Gasteiger partial charge on any atom is -0.496 e. The van der Waals surface area contributed by atoms with Crippen LogP contribution in [0.4, 0.5) is 0 Å². The van der Waals surface area contributed by atoms with Crippen LogP contribution in [0.3, 0.4) is 0 Å². The van der Waals surface area contributed by atoms with Gasteiger partial charge in [-0.15, -0.1) is 0 Å². The first-order valence-electron chi connectivity index (χ1n) is 7.76. The topological polar surface area (TPSA) is 32.7 Å². The van der Waals surface area contributed by atoms with Gasteiger partial charge < -0.3 is 9.84 Å². The molecule has 1 aliphatic heterocycles. The van der Waals surface area contributed by atoms with Gasteiger partial charge >= 0.3 is 0 Å². The van der Waals surface area contributed by atoms with E-state index >= 15 is 0 Å². The molecule has 1 fully saturated rings. The third-order valence-electron chi connectivity index (χ3n) is 4.92. The first-order chi connectivity index (χ1) is 10.0. The predicted molar refractivity (Wildman–Crippen MR) is 89.9 cm³/mol. The van der Waals surface area contributed by atoms with Crippen LogP contribution >= 0.6 is 15.9 Å². The van der Waals surface area contributed by atoms with Crippen molar-refractivity contribution in [3.63, 3.8) is 0 Å². The predicted octanol–water partition coefficient (Wildman–Crippen LogP) is 3.63. The summed E-state index contributed by atoms with van der Waals surface area (Å²) in [7, 11) is 1.68. The highest BCUT2D eigenvalue weighted by Crippen LogP contribution is 2.32. The Bertz CT molecular complexity index is 474. The van der Waals surface area contributed by atoms with Crippen LogP contribution in [0.1, 0.15) is 38.7 Å². The number of methoxy groups -OCH3 is 1. The van der Waals surface area contributed by atoms with Crippen molar-refractivity contribution in [1.82, 2.24) is 4.90 Å². The number of hydrogen-bond donors (Lipinski definition) is 1. The molecule has 1 saturated heterocycles. The molecule has 3 nitrogen and oxygen atoms in total. The Labute approximate surface area is 136 Å². The minimum atomic E-state index is -0.399. The minimum absolute atomic E-state index is 0.163. The van der Waals surface area contributed by atoms with Gasteiger partial charge in [-0.05, 0) is 63.0 Å². The van der Waals surface area contributed by atoms with E-state index in [9.17, 15) is 5.11 Å². The molecule has 0 aromatic heterocycles. The zero-order chi connectivity index (χ0) is 15.5. The van der Waals surface area contributed by atoms with E-state index in [1.165, 1.54) is 12.8 Å². The standard InChI is InChI=1S/C17H26BrNO2/c1-4-17(2,19-9-5-6-10-19)16(20)12-13-11-14(18)7-8-15(13)21-3/h7-8,11,16,20H,4-6,9-10,12H2,1-3H3. The fraction of sp³-hybridized carbons (Fsp3) is 0.647. The molecule has 2 unspecified atom stereocenters. The summed E-state index contributed by atoms with van der Waals surface area (Å²) in [6, 6.07) is 5.96. The molecular weight excluding hydrogens is 330 g/mol. The summed E-state index contributed by atoms with van der Waals surface area (Å²) in [6.45, 7) is 6.54. The van der Waals surface area contributed by atoms with E-state index in [0.717, 1.165) is 35.3 Å². The lowest BCUT2D eigenvalue weighted by atomic mass is 9.85. The first-order valence-corrected chi connectivity index (χ1v) is 8.56. The third kappa shape index (κ3) is 3.61. The van der Waals surface area contributed by atoms with Crippen LogP contribution in [-0.2, 0) is 6.42 Å². The zero-order valence-corrected chi connectivity index (χ0v) is 14.8. The second-order valence-corrected chi connectivity index (χ2v) is 7.00. The van der Waals surface area contributed by atoms with E-state index in [0.29, 0.717) is 6.42 Å². The number of ether oxygens (including phenoxy) is 1. The fourth-order valence-corrected chi connectivity index (χ4v) is 3.64. The van der Waals surface area contributed by atoms with Crippen LogP contribution in [0, 0.1) is 0 Å². The molecule has 0 spiro atoms. The lowest BCUT2D eigenvalue weighted by Crippen LogP contribution is -2.53. The van der Waals surface area contributed by atoms with Crippen molar-refractivity contribution in [2.45, 2.75) is 51.2 Å². The second kappa shape index (κ2) is 7.12. The maximum atomic E-state index is 10.9. The molecule has 2 atom stereocenters. The molecule has 118 valence electrons. The molecule has 1 N–H and O–H groups in total. The number of rotatable bonds is 6. The summed E-state index contributed by atoms with van der Waals surface area (Å²) in [4.78, 5) is 2.45. The van der Waals surface area contributed by atoms with Crippen LogP contribution in [0.25, 0.3) is 0 Å². The summed E-state index contributed by atoms with van der Waals surface area (Å²) < 4.78 is 6.45. The van der Waals surface area contributed by atoms with Crippen molar-refractivity contribution in [2.24, 2.45) is 0 Å². The van der Waals surface area contributed by atoms with Gasteiger partial charge in [0, 0.05) is 16.4 Å². The molecule has 1 aromatic rings. The molecule has 0 amide bonds. The van der Waals surface area contributed by atoms with E-state index in [2.05, 4.69) is 34.7 Å². The molecule has 21 heavy (non-hydrogen) atoms. The number of hydrogen-bond acceptors (Lipinski definition) is 3. The molecule has 0 radical (unpaired) electrons. The Kier molecular flexibility index (Phi) is 5.69. The van der Waals surface area contributed by atoms with Crippen LogP contribution < -0.4 is 4.74 Å². The molecule has 2 rings (SSSR count). The van der Waals surface area contributed by atoms with Crippen LogP contribution in [-0.4, -0.2) is 41.8 Å². The Morgan fingerprint density at radius 1 is 1.38 bits per heavy atom.